The fourth-order valence-electron chi connectivity index (χ4n) is 3.46. The number of amides is 3. The summed E-state index contributed by atoms with van der Waals surface area (Å²) in [6.45, 7) is 4.74. The molecule has 1 N–H and O–H groups in total. The first kappa shape index (κ1) is 19.1. The normalized spacial score (nSPS) is 17.7. The van der Waals surface area contributed by atoms with Crippen molar-refractivity contribution in [3.8, 4) is 0 Å². The minimum atomic E-state index is -0.304. The Kier molecular flexibility index (Phi) is 6.26. The first-order valence-electron chi connectivity index (χ1n) is 9.56. The van der Waals surface area contributed by atoms with Gasteiger partial charge in [0.1, 0.15) is 5.69 Å². The molecule has 0 bridgehead atoms. The van der Waals surface area contributed by atoms with Gasteiger partial charge < -0.3 is 19.9 Å². The van der Waals surface area contributed by atoms with Gasteiger partial charge in [0, 0.05) is 44.0 Å². The van der Waals surface area contributed by atoms with Crippen LogP contribution in [-0.2, 0) is 4.74 Å². The SMILES string of the molecule is CCOC(=O)N1CCC(NC(=O)c2ccnc(C(=O)N3CCCC3)c2)CC1. The van der Waals surface area contributed by atoms with Crippen molar-refractivity contribution in [3.05, 3.63) is 29.6 Å². The highest BCUT2D eigenvalue weighted by molar-refractivity contribution is 5.98. The summed E-state index contributed by atoms with van der Waals surface area (Å²) in [6, 6.07) is 3.17. The summed E-state index contributed by atoms with van der Waals surface area (Å²) in [5.74, 6) is -0.340. The van der Waals surface area contributed by atoms with Crippen LogP contribution in [0.15, 0.2) is 18.3 Å². The van der Waals surface area contributed by atoms with Crippen LogP contribution < -0.4 is 5.32 Å². The Morgan fingerprint density at radius 1 is 1.15 bits per heavy atom. The Balaban J connectivity index is 1.55. The lowest BCUT2D eigenvalue weighted by Crippen LogP contribution is -2.46. The van der Waals surface area contributed by atoms with E-state index in [2.05, 4.69) is 10.3 Å². The maximum absolute atomic E-state index is 12.6. The van der Waals surface area contributed by atoms with Gasteiger partial charge >= 0.3 is 6.09 Å². The predicted octanol–water partition coefficient (Wildman–Crippen LogP) is 1.67. The average molecular weight is 374 g/mol. The van der Waals surface area contributed by atoms with Crippen molar-refractivity contribution in [1.82, 2.24) is 20.1 Å². The van der Waals surface area contributed by atoms with E-state index in [1.807, 2.05) is 0 Å². The molecule has 1 aromatic rings. The van der Waals surface area contributed by atoms with Crippen molar-refractivity contribution in [2.45, 2.75) is 38.6 Å². The van der Waals surface area contributed by atoms with Crippen molar-refractivity contribution in [3.63, 3.8) is 0 Å². The summed E-state index contributed by atoms with van der Waals surface area (Å²) in [7, 11) is 0. The molecule has 2 fully saturated rings. The fraction of sp³-hybridized carbons (Fsp3) is 0.579. The highest BCUT2D eigenvalue weighted by Crippen LogP contribution is 2.14. The maximum Gasteiger partial charge on any atom is 0.409 e. The molecule has 2 aliphatic heterocycles. The lowest BCUT2D eigenvalue weighted by molar-refractivity contribution is 0.0786. The molecule has 3 rings (SSSR count). The molecule has 0 saturated carbocycles. The topological polar surface area (TPSA) is 91.8 Å². The van der Waals surface area contributed by atoms with E-state index in [9.17, 15) is 14.4 Å². The third-order valence-corrected chi connectivity index (χ3v) is 4.99. The standard InChI is InChI=1S/C19H26N4O4/c1-2-27-19(26)23-11-6-15(7-12-23)21-17(24)14-5-8-20-16(13-14)18(25)22-9-3-4-10-22/h5,8,13,15H,2-4,6-7,9-12H2,1H3,(H,21,24). The van der Waals surface area contributed by atoms with E-state index in [1.54, 1.807) is 28.9 Å². The fourth-order valence-corrected chi connectivity index (χ4v) is 3.46. The molecule has 8 nitrogen and oxygen atoms in total. The number of carbonyl (C=O) groups is 3. The average Bonchev–Trinajstić information content (AvgIpc) is 3.23. The van der Waals surface area contributed by atoms with E-state index in [4.69, 9.17) is 4.74 Å². The molecule has 3 heterocycles. The maximum atomic E-state index is 12.6. The largest absolute Gasteiger partial charge is 0.450 e. The van der Waals surface area contributed by atoms with Gasteiger partial charge in [0.05, 0.1) is 6.61 Å². The summed E-state index contributed by atoms with van der Waals surface area (Å²) in [6.07, 6.45) is 4.57. The van der Waals surface area contributed by atoms with Crippen molar-refractivity contribution in [1.29, 1.82) is 0 Å². The number of aromatic nitrogens is 1. The van der Waals surface area contributed by atoms with E-state index in [0.717, 1.165) is 25.9 Å². The summed E-state index contributed by atoms with van der Waals surface area (Å²) < 4.78 is 5.00. The Morgan fingerprint density at radius 2 is 1.85 bits per heavy atom. The van der Waals surface area contributed by atoms with Gasteiger partial charge in [-0.3, -0.25) is 14.6 Å². The second-order valence-corrected chi connectivity index (χ2v) is 6.86. The Labute approximate surface area is 158 Å². The lowest BCUT2D eigenvalue weighted by Gasteiger charge is -2.31. The van der Waals surface area contributed by atoms with Crippen LogP contribution in [0.1, 0.15) is 53.5 Å². The summed E-state index contributed by atoms with van der Waals surface area (Å²) in [5.41, 5.74) is 0.738. The van der Waals surface area contributed by atoms with Gasteiger partial charge in [0.2, 0.25) is 0 Å². The highest BCUT2D eigenvalue weighted by atomic mass is 16.6. The molecule has 8 heteroatoms. The molecule has 0 aliphatic carbocycles. The van der Waals surface area contributed by atoms with Crippen molar-refractivity contribution < 1.29 is 19.1 Å². The Bertz CT molecular complexity index is 695. The van der Waals surface area contributed by atoms with Gasteiger partial charge in [-0.15, -0.1) is 0 Å². The van der Waals surface area contributed by atoms with Crippen LogP contribution in [0, 0.1) is 0 Å². The number of rotatable bonds is 4. The molecular formula is C19H26N4O4. The summed E-state index contributed by atoms with van der Waals surface area (Å²) in [5, 5.41) is 2.99. The minimum Gasteiger partial charge on any atom is -0.450 e. The minimum absolute atomic E-state index is 0.00549. The van der Waals surface area contributed by atoms with Crippen LogP contribution in [0.3, 0.4) is 0 Å². The number of nitrogens with one attached hydrogen (secondary N) is 1. The number of hydrogen-bond acceptors (Lipinski definition) is 5. The molecule has 0 unspecified atom stereocenters. The number of pyridine rings is 1. The number of hydrogen-bond donors (Lipinski definition) is 1. The van der Waals surface area contributed by atoms with Gasteiger partial charge in [0.15, 0.2) is 0 Å². The summed E-state index contributed by atoms with van der Waals surface area (Å²) >= 11 is 0. The van der Waals surface area contributed by atoms with Crippen molar-refractivity contribution >= 4 is 17.9 Å². The zero-order valence-electron chi connectivity index (χ0n) is 15.6. The number of carbonyl (C=O) groups excluding carboxylic acids is 3. The second-order valence-electron chi connectivity index (χ2n) is 6.86. The molecule has 0 spiro atoms. The second kappa shape index (κ2) is 8.83. The number of piperidine rings is 1. The van der Waals surface area contributed by atoms with Gasteiger partial charge in [-0.05, 0) is 44.7 Å². The van der Waals surface area contributed by atoms with E-state index in [0.29, 0.717) is 43.8 Å². The molecule has 1 aromatic heterocycles. The number of nitrogens with zero attached hydrogens (tertiary/aromatic N) is 3. The molecular weight excluding hydrogens is 348 g/mol. The molecule has 3 amide bonds. The third kappa shape index (κ3) is 4.75. The van der Waals surface area contributed by atoms with E-state index in [-0.39, 0.29) is 23.9 Å². The van der Waals surface area contributed by atoms with E-state index in [1.165, 1.54) is 6.20 Å². The quantitative estimate of drug-likeness (QED) is 0.865. The monoisotopic (exact) mass is 374 g/mol. The van der Waals surface area contributed by atoms with E-state index < -0.39 is 0 Å². The smallest absolute Gasteiger partial charge is 0.409 e. The van der Waals surface area contributed by atoms with Crippen LogP contribution in [0.2, 0.25) is 0 Å². The molecule has 27 heavy (non-hydrogen) atoms. The molecule has 0 atom stereocenters. The van der Waals surface area contributed by atoms with Crippen LogP contribution in [0.4, 0.5) is 4.79 Å². The molecule has 0 radical (unpaired) electrons. The zero-order valence-corrected chi connectivity index (χ0v) is 15.6. The summed E-state index contributed by atoms with van der Waals surface area (Å²) in [4.78, 5) is 44.3. The highest BCUT2D eigenvalue weighted by Gasteiger charge is 2.26. The van der Waals surface area contributed by atoms with Crippen LogP contribution in [0.5, 0.6) is 0 Å². The van der Waals surface area contributed by atoms with E-state index >= 15 is 0 Å². The third-order valence-electron chi connectivity index (χ3n) is 4.99. The zero-order chi connectivity index (χ0) is 19.2. The van der Waals surface area contributed by atoms with Crippen molar-refractivity contribution in [2.75, 3.05) is 32.8 Å². The Morgan fingerprint density at radius 3 is 2.52 bits per heavy atom. The number of likely N-dealkylation sites (tertiary alicyclic amines) is 2. The molecule has 2 aliphatic rings. The van der Waals surface area contributed by atoms with Gasteiger partial charge in [-0.25, -0.2) is 4.79 Å². The molecule has 2 saturated heterocycles. The first-order chi connectivity index (χ1) is 13.1. The van der Waals surface area contributed by atoms with Gasteiger partial charge in [-0.2, -0.15) is 0 Å². The lowest BCUT2D eigenvalue weighted by atomic mass is 10.0. The predicted molar refractivity (Wildman–Crippen MR) is 98.5 cm³/mol. The first-order valence-corrected chi connectivity index (χ1v) is 9.56. The van der Waals surface area contributed by atoms with Crippen LogP contribution in [-0.4, -0.2) is 71.5 Å². The van der Waals surface area contributed by atoms with Crippen LogP contribution in [0.25, 0.3) is 0 Å². The van der Waals surface area contributed by atoms with Gasteiger partial charge in [0.25, 0.3) is 11.8 Å². The van der Waals surface area contributed by atoms with Crippen LogP contribution >= 0.6 is 0 Å². The molecule has 146 valence electrons. The number of ether oxygens (including phenoxy) is 1. The Hall–Kier alpha value is -2.64. The van der Waals surface area contributed by atoms with Gasteiger partial charge in [-0.1, -0.05) is 0 Å². The van der Waals surface area contributed by atoms with Crippen molar-refractivity contribution in [2.24, 2.45) is 0 Å². The molecule has 0 aromatic carbocycles.